The van der Waals surface area contributed by atoms with Gasteiger partial charge in [0.1, 0.15) is 18.3 Å². The summed E-state index contributed by atoms with van der Waals surface area (Å²) >= 11 is 1.14. The number of carboxylic acid groups (broad SMARTS) is 1. The number of thiazole rings is 1. The fourth-order valence-corrected chi connectivity index (χ4v) is 5.24. The second kappa shape index (κ2) is 10.7. The van der Waals surface area contributed by atoms with Gasteiger partial charge >= 0.3 is 5.97 Å². The molecule has 1 fully saturated rings. The van der Waals surface area contributed by atoms with Gasteiger partial charge in [-0.2, -0.15) is 4.57 Å². The number of nitrogens with two attached hydrogens (primary N) is 1. The number of aryl methyl sites for hydroxylation is 2. The van der Waals surface area contributed by atoms with Crippen molar-refractivity contribution in [2.24, 2.45) is 5.16 Å². The summed E-state index contributed by atoms with van der Waals surface area (Å²) in [5.41, 5.74) is 9.23. The molecule has 2 amide bonds. The molecule has 3 aromatic rings. The number of hydrogen-bond acceptors (Lipinski definition) is 8. The Kier molecular flexibility index (Phi) is 7.11. The predicted molar refractivity (Wildman–Crippen MR) is 143 cm³/mol. The summed E-state index contributed by atoms with van der Waals surface area (Å²) in [4.78, 5) is 49.6. The number of oxime groups is 1. The fraction of sp³-hybridized carbons (Fsp3) is 0.259. The maximum Gasteiger partial charge on any atom is 0.359 e. The minimum absolute atomic E-state index is 0.0811. The molecule has 0 radical (unpaired) electrons. The Morgan fingerprint density at radius 1 is 1.26 bits per heavy atom. The van der Waals surface area contributed by atoms with Crippen LogP contribution in [0.3, 0.4) is 0 Å². The van der Waals surface area contributed by atoms with Gasteiger partial charge in [-0.3, -0.25) is 14.5 Å². The summed E-state index contributed by atoms with van der Waals surface area (Å²) in [5.74, 6) is -2.37. The lowest BCUT2D eigenvalue weighted by Gasteiger charge is -2.48. The van der Waals surface area contributed by atoms with Crippen LogP contribution in [-0.4, -0.2) is 50.6 Å². The third kappa shape index (κ3) is 5.10. The minimum Gasteiger partial charge on any atom is -0.476 e. The summed E-state index contributed by atoms with van der Waals surface area (Å²) in [5, 5.41) is 18.6. The van der Waals surface area contributed by atoms with E-state index in [9.17, 15) is 19.5 Å². The van der Waals surface area contributed by atoms with Crippen LogP contribution in [0.15, 0.2) is 65.0 Å². The molecule has 0 spiro atoms. The Hall–Kier alpha value is -4.58. The number of carbonyl (C=O) groups is 3. The zero-order chi connectivity index (χ0) is 27.7. The number of amides is 2. The fourth-order valence-electron chi connectivity index (χ4n) is 4.70. The van der Waals surface area contributed by atoms with Crippen molar-refractivity contribution in [3.05, 3.63) is 82.3 Å². The number of pyridine rings is 1. The van der Waals surface area contributed by atoms with Crippen LogP contribution in [0, 0.1) is 13.8 Å². The zero-order valence-corrected chi connectivity index (χ0v) is 22.1. The highest BCUT2D eigenvalue weighted by molar-refractivity contribution is 7.13. The highest BCUT2D eigenvalue weighted by Gasteiger charge is 2.55. The third-order valence-corrected chi connectivity index (χ3v) is 7.54. The molecule has 2 aliphatic heterocycles. The molecule has 0 saturated carbocycles. The predicted octanol–water partition coefficient (Wildman–Crippen LogP) is 1.99. The van der Waals surface area contributed by atoms with Gasteiger partial charge in [-0.15, -0.1) is 11.3 Å². The molecular weight excluding hydrogens is 520 g/mol. The number of carboxylic acids is 1. The summed E-state index contributed by atoms with van der Waals surface area (Å²) < 4.78 is 1.75. The van der Waals surface area contributed by atoms with Crippen molar-refractivity contribution in [1.82, 2.24) is 15.2 Å². The molecule has 1 saturated heterocycles. The number of rotatable bonds is 8. The standard InChI is InChI=1S/C27H26N6O5S/c1-15-10-11-32(12-16(15)2)20-9-8-19-22(25(35)33(19)23(20)26(36)37)30-24(34)21(18-14-39-27(28)29-18)31-38-13-17-6-4-3-5-7-17/h3-7,10-12,14,19,22H,8-9,13H2,1-2H3,(H3-,28,29,30,34,36,37)/p+1/b31-21-/t19-,22+/m1/s1. The van der Waals surface area contributed by atoms with E-state index in [2.05, 4.69) is 15.5 Å². The molecule has 0 unspecified atom stereocenters. The van der Waals surface area contributed by atoms with Gasteiger partial charge in [0.2, 0.25) is 5.70 Å². The van der Waals surface area contributed by atoms with Crippen LogP contribution in [0.25, 0.3) is 5.70 Å². The number of anilines is 1. The van der Waals surface area contributed by atoms with Crippen LogP contribution in [0.5, 0.6) is 0 Å². The molecule has 5 rings (SSSR count). The van der Waals surface area contributed by atoms with Gasteiger partial charge in [0, 0.05) is 23.4 Å². The van der Waals surface area contributed by atoms with E-state index < -0.39 is 29.9 Å². The highest BCUT2D eigenvalue weighted by Crippen LogP contribution is 2.37. The number of carbonyl (C=O) groups excluding carboxylic acids is 2. The molecule has 0 aliphatic carbocycles. The van der Waals surface area contributed by atoms with E-state index in [0.717, 1.165) is 28.0 Å². The van der Waals surface area contributed by atoms with E-state index >= 15 is 0 Å². The van der Waals surface area contributed by atoms with E-state index in [1.807, 2.05) is 56.4 Å². The number of hydrogen-bond donors (Lipinski definition) is 3. The van der Waals surface area contributed by atoms with E-state index in [-0.39, 0.29) is 28.8 Å². The van der Waals surface area contributed by atoms with Gasteiger partial charge in [-0.25, -0.2) is 9.78 Å². The quantitative estimate of drug-likeness (QED) is 0.169. The molecule has 0 bridgehead atoms. The second-order valence-electron chi connectivity index (χ2n) is 9.35. The highest BCUT2D eigenvalue weighted by atomic mass is 32.1. The topological polar surface area (TPSA) is 151 Å². The lowest BCUT2D eigenvalue weighted by atomic mass is 9.85. The normalized spacial score (nSPS) is 18.9. The number of nitrogens with one attached hydrogen (secondary N) is 1. The van der Waals surface area contributed by atoms with Gasteiger partial charge in [0.25, 0.3) is 11.8 Å². The molecule has 4 heterocycles. The Morgan fingerprint density at radius 2 is 2.03 bits per heavy atom. The van der Waals surface area contributed by atoms with Crippen LogP contribution in [0.1, 0.15) is 35.2 Å². The monoisotopic (exact) mass is 547 g/mol. The first kappa shape index (κ1) is 26.0. The summed E-state index contributed by atoms with van der Waals surface area (Å²) in [7, 11) is 0. The number of benzene rings is 1. The maximum absolute atomic E-state index is 13.3. The smallest absolute Gasteiger partial charge is 0.359 e. The average molecular weight is 548 g/mol. The molecule has 2 aliphatic rings. The van der Waals surface area contributed by atoms with Crippen LogP contribution in [0.4, 0.5) is 5.13 Å². The van der Waals surface area contributed by atoms with Gasteiger partial charge in [0.15, 0.2) is 28.9 Å². The molecule has 11 nitrogen and oxygen atoms in total. The lowest BCUT2D eigenvalue weighted by Crippen LogP contribution is -2.72. The van der Waals surface area contributed by atoms with E-state index in [4.69, 9.17) is 10.6 Å². The molecular formula is C27H27N6O5S+. The number of fused-ring (bicyclic) bond motifs is 1. The SMILES string of the molecule is Cc1cc[n+](C2=C(C(=O)O)N3C(=O)[C@@H](NC(=O)/C(=N\OCc4ccccc4)c4csc(N)n4)[C@H]3CC2)cc1C. The Balaban J connectivity index is 1.36. The van der Waals surface area contributed by atoms with Crippen molar-refractivity contribution in [2.45, 2.75) is 45.4 Å². The molecule has 12 heteroatoms. The van der Waals surface area contributed by atoms with Crippen LogP contribution >= 0.6 is 11.3 Å². The van der Waals surface area contributed by atoms with Crippen molar-refractivity contribution < 1.29 is 28.9 Å². The molecule has 2 aromatic heterocycles. The number of aromatic nitrogens is 2. The first-order chi connectivity index (χ1) is 18.7. The average Bonchev–Trinajstić information content (AvgIpc) is 3.36. The largest absolute Gasteiger partial charge is 0.476 e. The van der Waals surface area contributed by atoms with Crippen LogP contribution < -0.4 is 15.6 Å². The van der Waals surface area contributed by atoms with Crippen molar-refractivity contribution in [2.75, 3.05) is 5.73 Å². The van der Waals surface area contributed by atoms with Crippen molar-refractivity contribution in [3.8, 4) is 0 Å². The number of allylic oxidation sites excluding steroid dienone is 1. The third-order valence-electron chi connectivity index (χ3n) is 6.86. The molecule has 39 heavy (non-hydrogen) atoms. The molecule has 4 N–H and O–H groups in total. The van der Waals surface area contributed by atoms with Crippen molar-refractivity contribution in [1.29, 1.82) is 0 Å². The second-order valence-corrected chi connectivity index (χ2v) is 10.2. The minimum atomic E-state index is -1.20. The van der Waals surface area contributed by atoms with Crippen molar-refractivity contribution in [3.63, 3.8) is 0 Å². The van der Waals surface area contributed by atoms with Crippen LogP contribution in [-0.2, 0) is 25.8 Å². The summed E-state index contributed by atoms with van der Waals surface area (Å²) in [6, 6.07) is 9.81. The maximum atomic E-state index is 13.3. The Morgan fingerprint density at radius 3 is 2.69 bits per heavy atom. The van der Waals surface area contributed by atoms with Gasteiger partial charge < -0.3 is 21.0 Å². The first-order valence-electron chi connectivity index (χ1n) is 12.3. The first-order valence-corrected chi connectivity index (χ1v) is 13.2. The van der Waals surface area contributed by atoms with E-state index in [1.165, 1.54) is 4.90 Å². The van der Waals surface area contributed by atoms with E-state index in [1.54, 1.807) is 16.1 Å². The molecule has 1 aromatic carbocycles. The van der Waals surface area contributed by atoms with Gasteiger partial charge in [-0.1, -0.05) is 35.5 Å². The van der Waals surface area contributed by atoms with Gasteiger partial charge in [0.05, 0.1) is 6.04 Å². The number of β-lactam (4-membered cyclic amide) rings is 1. The zero-order valence-electron chi connectivity index (χ0n) is 21.3. The number of aliphatic carboxylic acids is 1. The molecule has 200 valence electrons. The van der Waals surface area contributed by atoms with Crippen LogP contribution in [0.2, 0.25) is 0 Å². The lowest BCUT2D eigenvalue weighted by molar-refractivity contribution is -0.585. The Labute approximate surface area is 228 Å². The van der Waals surface area contributed by atoms with E-state index in [0.29, 0.717) is 18.5 Å². The Bertz CT molecular complexity index is 1520. The molecule has 2 atom stereocenters. The summed E-state index contributed by atoms with van der Waals surface area (Å²) in [6.07, 6.45) is 4.54. The summed E-state index contributed by atoms with van der Waals surface area (Å²) in [6.45, 7) is 4.04. The van der Waals surface area contributed by atoms with Gasteiger partial charge in [-0.05, 0) is 31.4 Å². The number of nitrogen functional groups attached to an aromatic ring is 1. The van der Waals surface area contributed by atoms with Crippen molar-refractivity contribution >= 4 is 45.7 Å². The number of nitrogens with zero attached hydrogens (tertiary/aromatic N) is 4.